The molecule has 0 spiro atoms. The number of methoxy groups -OCH3 is 1. The number of para-hydroxylation sites is 1. The molecule has 29 heavy (non-hydrogen) atoms. The highest BCUT2D eigenvalue weighted by Gasteiger charge is 2.11. The maximum Gasteiger partial charge on any atom is 0.266 e. The quantitative estimate of drug-likeness (QED) is 0.412. The molecule has 0 amide bonds. The highest BCUT2D eigenvalue weighted by molar-refractivity contribution is 6.35. The molecule has 4 aromatic rings. The number of hydrogen-bond acceptors (Lipinski definition) is 3. The largest absolute Gasteiger partial charge is 0.497 e. The fourth-order valence-electron chi connectivity index (χ4n) is 3.04. The molecule has 144 valence electrons. The lowest BCUT2D eigenvalue weighted by Gasteiger charge is -2.12. The molecular weight excluding hydrogens is 407 g/mol. The van der Waals surface area contributed by atoms with Crippen LogP contribution >= 0.6 is 23.2 Å². The van der Waals surface area contributed by atoms with E-state index in [1.165, 1.54) is 0 Å². The van der Waals surface area contributed by atoms with Gasteiger partial charge in [-0.3, -0.25) is 9.36 Å². The van der Waals surface area contributed by atoms with Crippen molar-refractivity contribution >= 4 is 46.3 Å². The van der Waals surface area contributed by atoms with Crippen LogP contribution < -0.4 is 10.3 Å². The lowest BCUT2D eigenvalue weighted by molar-refractivity contribution is 0.414. The van der Waals surface area contributed by atoms with Crippen molar-refractivity contribution in [2.45, 2.75) is 0 Å². The van der Waals surface area contributed by atoms with Crippen molar-refractivity contribution in [2.24, 2.45) is 0 Å². The van der Waals surface area contributed by atoms with Crippen molar-refractivity contribution in [3.63, 3.8) is 0 Å². The van der Waals surface area contributed by atoms with Gasteiger partial charge in [0.15, 0.2) is 0 Å². The number of hydrogen-bond donors (Lipinski definition) is 0. The van der Waals surface area contributed by atoms with Crippen molar-refractivity contribution in [3.8, 4) is 11.4 Å². The van der Waals surface area contributed by atoms with Crippen LogP contribution in [0.1, 0.15) is 11.4 Å². The average Bonchev–Trinajstić information content (AvgIpc) is 2.73. The second-order valence-corrected chi connectivity index (χ2v) is 7.17. The Bertz CT molecular complexity index is 1280. The monoisotopic (exact) mass is 422 g/mol. The van der Waals surface area contributed by atoms with E-state index < -0.39 is 0 Å². The molecule has 0 fully saturated rings. The van der Waals surface area contributed by atoms with E-state index in [2.05, 4.69) is 0 Å². The van der Waals surface area contributed by atoms with Gasteiger partial charge in [-0.1, -0.05) is 41.4 Å². The van der Waals surface area contributed by atoms with Gasteiger partial charge in [-0.05, 0) is 66.2 Å². The first-order chi connectivity index (χ1) is 14.1. The SMILES string of the molecule is COc1ccc(-n2c(/C=C/c3ccc(Cl)cc3Cl)nc3ccccc3c2=O)cc1. The first kappa shape index (κ1) is 19.2. The molecule has 0 aliphatic heterocycles. The van der Waals surface area contributed by atoms with Crippen LogP contribution in [0.15, 0.2) is 71.5 Å². The minimum Gasteiger partial charge on any atom is -0.497 e. The van der Waals surface area contributed by atoms with Gasteiger partial charge in [0.2, 0.25) is 0 Å². The Hall–Kier alpha value is -3.08. The van der Waals surface area contributed by atoms with E-state index in [0.29, 0.717) is 38.2 Å². The summed E-state index contributed by atoms with van der Waals surface area (Å²) in [6, 6.07) is 19.8. The maximum atomic E-state index is 13.2. The van der Waals surface area contributed by atoms with Gasteiger partial charge in [-0.15, -0.1) is 0 Å². The van der Waals surface area contributed by atoms with Crippen LogP contribution in [0.2, 0.25) is 10.0 Å². The van der Waals surface area contributed by atoms with Crippen molar-refractivity contribution in [3.05, 3.63) is 98.5 Å². The normalized spacial score (nSPS) is 11.3. The van der Waals surface area contributed by atoms with Crippen LogP contribution in [-0.4, -0.2) is 16.7 Å². The Kier molecular flexibility index (Phi) is 5.38. The van der Waals surface area contributed by atoms with Gasteiger partial charge in [0.25, 0.3) is 5.56 Å². The fraction of sp³-hybridized carbons (Fsp3) is 0.0435. The van der Waals surface area contributed by atoms with Crippen molar-refractivity contribution in [2.75, 3.05) is 7.11 Å². The standard InChI is InChI=1S/C23H16Cl2N2O2/c1-29-18-11-9-17(10-12-18)27-22(13-7-15-6-8-16(24)14-20(15)25)26-21-5-3-2-4-19(21)23(27)28/h2-14H,1H3/b13-7+. The van der Waals surface area contributed by atoms with Crippen molar-refractivity contribution in [1.29, 1.82) is 0 Å². The summed E-state index contributed by atoms with van der Waals surface area (Å²) in [6.07, 6.45) is 3.59. The Morgan fingerprint density at radius 3 is 2.45 bits per heavy atom. The average molecular weight is 423 g/mol. The van der Waals surface area contributed by atoms with Gasteiger partial charge < -0.3 is 4.74 Å². The first-order valence-corrected chi connectivity index (χ1v) is 9.62. The van der Waals surface area contributed by atoms with Crippen LogP contribution in [0.3, 0.4) is 0 Å². The predicted octanol–water partition coefficient (Wildman–Crippen LogP) is 5.87. The smallest absolute Gasteiger partial charge is 0.266 e. The molecule has 0 saturated heterocycles. The van der Waals surface area contributed by atoms with E-state index in [-0.39, 0.29) is 5.56 Å². The van der Waals surface area contributed by atoms with E-state index in [9.17, 15) is 4.79 Å². The van der Waals surface area contributed by atoms with Crippen LogP contribution in [0.5, 0.6) is 5.75 Å². The van der Waals surface area contributed by atoms with Gasteiger partial charge in [-0.2, -0.15) is 0 Å². The number of fused-ring (bicyclic) bond motifs is 1. The number of benzene rings is 3. The number of nitrogens with zero attached hydrogens (tertiary/aromatic N) is 2. The molecular formula is C23H16Cl2N2O2. The molecule has 0 saturated carbocycles. The third-order valence-corrected chi connectivity index (χ3v) is 5.07. The summed E-state index contributed by atoms with van der Waals surface area (Å²) in [5.41, 5.74) is 1.95. The van der Waals surface area contributed by atoms with Crippen molar-refractivity contribution in [1.82, 2.24) is 9.55 Å². The van der Waals surface area contributed by atoms with Crippen LogP contribution in [0.4, 0.5) is 0 Å². The van der Waals surface area contributed by atoms with Gasteiger partial charge >= 0.3 is 0 Å². The zero-order chi connectivity index (χ0) is 20.4. The third kappa shape index (κ3) is 3.90. The molecule has 4 rings (SSSR count). The zero-order valence-corrected chi connectivity index (χ0v) is 17.0. The molecule has 1 heterocycles. The van der Waals surface area contributed by atoms with Crippen LogP contribution in [0.25, 0.3) is 28.7 Å². The second-order valence-electron chi connectivity index (χ2n) is 6.32. The van der Waals surface area contributed by atoms with Gasteiger partial charge in [0.1, 0.15) is 11.6 Å². The Morgan fingerprint density at radius 1 is 0.966 bits per heavy atom. The van der Waals surface area contributed by atoms with Crippen molar-refractivity contribution < 1.29 is 4.74 Å². The summed E-state index contributed by atoms with van der Waals surface area (Å²) in [7, 11) is 1.60. The number of aromatic nitrogens is 2. The summed E-state index contributed by atoms with van der Waals surface area (Å²) in [6.45, 7) is 0. The van der Waals surface area contributed by atoms with Gasteiger partial charge in [-0.25, -0.2) is 4.98 Å². The maximum absolute atomic E-state index is 13.2. The summed E-state index contributed by atoms with van der Waals surface area (Å²) < 4.78 is 6.79. The molecule has 0 bridgehead atoms. The third-order valence-electron chi connectivity index (χ3n) is 4.51. The second kappa shape index (κ2) is 8.11. The van der Waals surface area contributed by atoms with E-state index in [4.69, 9.17) is 32.9 Å². The molecule has 0 aliphatic carbocycles. The molecule has 0 atom stereocenters. The minimum absolute atomic E-state index is 0.150. The molecule has 1 aromatic heterocycles. The lowest BCUT2D eigenvalue weighted by atomic mass is 10.2. The number of halogens is 2. The fourth-order valence-corrected chi connectivity index (χ4v) is 3.51. The van der Waals surface area contributed by atoms with E-state index in [1.54, 1.807) is 48.1 Å². The van der Waals surface area contributed by atoms with E-state index >= 15 is 0 Å². The Balaban J connectivity index is 1.91. The van der Waals surface area contributed by atoms with Crippen LogP contribution in [-0.2, 0) is 0 Å². The molecule has 0 unspecified atom stereocenters. The molecule has 0 N–H and O–H groups in total. The van der Waals surface area contributed by atoms with Gasteiger partial charge in [0.05, 0.1) is 23.7 Å². The summed E-state index contributed by atoms with van der Waals surface area (Å²) in [5, 5.41) is 1.63. The van der Waals surface area contributed by atoms with E-state index in [0.717, 1.165) is 5.56 Å². The molecule has 3 aromatic carbocycles. The Morgan fingerprint density at radius 2 is 1.72 bits per heavy atom. The summed E-state index contributed by atoms with van der Waals surface area (Å²) in [5.74, 6) is 1.20. The lowest BCUT2D eigenvalue weighted by Crippen LogP contribution is -2.22. The highest BCUT2D eigenvalue weighted by atomic mass is 35.5. The summed E-state index contributed by atoms with van der Waals surface area (Å²) >= 11 is 12.2. The molecule has 0 aliphatic rings. The predicted molar refractivity (Wildman–Crippen MR) is 119 cm³/mol. The molecule has 0 radical (unpaired) electrons. The van der Waals surface area contributed by atoms with Crippen LogP contribution in [0, 0.1) is 0 Å². The topological polar surface area (TPSA) is 44.1 Å². The van der Waals surface area contributed by atoms with E-state index in [1.807, 2.05) is 42.5 Å². The number of ether oxygens (including phenoxy) is 1. The molecule has 6 heteroatoms. The number of rotatable bonds is 4. The molecule has 4 nitrogen and oxygen atoms in total. The first-order valence-electron chi connectivity index (χ1n) is 8.86. The zero-order valence-electron chi connectivity index (χ0n) is 15.5. The summed E-state index contributed by atoms with van der Waals surface area (Å²) in [4.78, 5) is 17.9. The Labute approximate surface area is 177 Å². The minimum atomic E-state index is -0.150. The highest BCUT2D eigenvalue weighted by Crippen LogP contribution is 2.23. The van der Waals surface area contributed by atoms with Gasteiger partial charge in [0, 0.05) is 10.0 Å².